The second-order valence-corrected chi connectivity index (χ2v) is 8.84. The summed E-state index contributed by atoms with van der Waals surface area (Å²) in [6.07, 6.45) is 0.280. The smallest absolute Gasteiger partial charge is 0.340 e. The number of nitrogens with zero attached hydrogens (tertiary/aromatic N) is 1. The van der Waals surface area contributed by atoms with Crippen molar-refractivity contribution in [1.29, 1.82) is 0 Å². The number of hydrogen-bond acceptors (Lipinski definition) is 5. The van der Waals surface area contributed by atoms with Gasteiger partial charge in [0.05, 0.1) is 5.69 Å². The minimum Gasteiger partial charge on any atom is -0.491 e. The van der Waals surface area contributed by atoms with E-state index < -0.39 is 22.5 Å². The van der Waals surface area contributed by atoms with Gasteiger partial charge in [-0.25, -0.2) is 9.18 Å². The van der Waals surface area contributed by atoms with Crippen molar-refractivity contribution < 1.29 is 22.0 Å². The Hall–Kier alpha value is -2.91. The number of nitrogens with one attached hydrogen (secondary N) is 1. The number of halogens is 1. The second kappa shape index (κ2) is 8.85. The lowest BCUT2D eigenvalue weighted by Gasteiger charge is -2.14. The van der Waals surface area contributed by atoms with Crippen molar-refractivity contribution in [2.24, 2.45) is 0 Å². The topological polar surface area (TPSA) is 88.9 Å². The van der Waals surface area contributed by atoms with Crippen molar-refractivity contribution in [2.75, 3.05) is 32.1 Å². The van der Waals surface area contributed by atoms with Gasteiger partial charge in [-0.05, 0) is 42.3 Å². The fourth-order valence-electron chi connectivity index (χ4n) is 3.01. The Morgan fingerprint density at radius 3 is 2.63 bits per heavy atom. The van der Waals surface area contributed by atoms with Gasteiger partial charge in [0.15, 0.2) is 0 Å². The number of aryl methyl sites for hydroxylation is 1. The molecule has 160 valence electrons. The van der Waals surface area contributed by atoms with E-state index in [-0.39, 0.29) is 13.0 Å². The van der Waals surface area contributed by atoms with Crippen LogP contribution in [-0.4, -0.2) is 40.1 Å². The normalized spacial score (nSPS) is 11.8. The van der Waals surface area contributed by atoms with E-state index in [0.29, 0.717) is 22.6 Å². The van der Waals surface area contributed by atoms with Gasteiger partial charge in [-0.1, -0.05) is 12.1 Å². The third-order valence-electron chi connectivity index (χ3n) is 4.64. The van der Waals surface area contributed by atoms with Gasteiger partial charge in [-0.15, -0.1) is 0 Å². The zero-order valence-electron chi connectivity index (χ0n) is 16.9. The van der Waals surface area contributed by atoms with E-state index >= 15 is 0 Å². The first kappa shape index (κ1) is 21.8. The SMILES string of the molecule is Cc1c(Cc2cccc(NS(=O)(=O)N(C)C)c2)c(=O)oc2cc(OCCF)ccc12. The van der Waals surface area contributed by atoms with Crippen LogP contribution >= 0.6 is 0 Å². The Kier molecular flexibility index (Phi) is 6.42. The van der Waals surface area contributed by atoms with Crippen LogP contribution in [0.1, 0.15) is 16.7 Å². The number of alkyl halides is 1. The summed E-state index contributed by atoms with van der Waals surface area (Å²) in [5.74, 6) is 0.427. The number of benzene rings is 2. The van der Waals surface area contributed by atoms with Crippen LogP contribution in [0.3, 0.4) is 0 Å². The summed E-state index contributed by atoms with van der Waals surface area (Å²) >= 11 is 0. The third-order valence-corrected chi connectivity index (χ3v) is 6.10. The van der Waals surface area contributed by atoms with Crippen molar-refractivity contribution in [3.63, 3.8) is 0 Å². The molecular formula is C21H23FN2O5S. The fourth-order valence-corrected chi connectivity index (χ4v) is 3.62. The fraction of sp³-hybridized carbons (Fsp3) is 0.286. The van der Waals surface area contributed by atoms with Gasteiger partial charge in [0.25, 0.3) is 0 Å². The number of anilines is 1. The van der Waals surface area contributed by atoms with Gasteiger partial charge in [0.2, 0.25) is 0 Å². The summed E-state index contributed by atoms with van der Waals surface area (Å²) in [5, 5.41) is 0.752. The summed E-state index contributed by atoms with van der Waals surface area (Å²) < 4.78 is 50.6. The molecule has 0 atom stereocenters. The van der Waals surface area contributed by atoms with Gasteiger partial charge in [-0.2, -0.15) is 12.7 Å². The third kappa shape index (κ3) is 4.80. The van der Waals surface area contributed by atoms with Gasteiger partial charge < -0.3 is 9.15 Å². The molecule has 0 saturated carbocycles. The lowest BCUT2D eigenvalue weighted by Crippen LogP contribution is -2.28. The quantitative estimate of drug-likeness (QED) is 0.550. The molecule has 0 aliphatic rings. The molecule has 2 aromatic carbocycles. The maximum absolute atomic E-state index is 12.6. The summed E-state index contributed by atoms with van der Waals surface area (Å²) in [5.41, 5.74) is 2.28. The van der Waals surface area contributed by atoms with E-state index in [2.05, 4.69) is 4.72 Å². The van der Waals surface area contributed by atoms with Crippen molar-refractivity contribution in [1.82, 2.24) is 4.31 Å². The second-order valence-electron chi connectivity index (χ2n) is 6.96. The van der Waals surface area contributed by atoms with E-state index in [1.807, 2.05) is 13.0 Å². The molecule has 7 nitrogen and oxygen atoms in total. The molecule has 9 heteroatoms. The first-order valence-corrected chi connectivity index (χ1v) is 10.7. The van der Waals surface area contributed by atoms with E-state index in [1.165, 1.54) is 14.1 Å². The van der Waals surface area contributed by atoms with Crippen LogP contribution in [0, 0.1) is 6.92 Å². The van der Waals surface area contributed by atoms with Crippen LogP contribution < -0.4 is 15.1 Å². The van der Waals surface area contributed by atoms with Gasteiger partial charge >= 0.3 is 15.8 Å². The van der Waals surface area contributed by atoms with Gasteiger partial charge in [0.1, 0.15) is 24.6 Å². The lowest BCUT2D eigenvalue weighted by atomic mass is 9.99. The summed E-state index contributed by atoms with van der Waals surface area (Å²) in [6.45, 7) is 1.15. The van der Waals surface area contributed by atoms with Crippen LogP contribution in [0.2, 0.25) is 0 Å². The molecule has 0 aliphatic carbocycles. The highest BCUT2D eigenvalue weighted by Gasteiger charge is 2.15. The van der Waals surface area contributed by atoms with E-state index in [4.69, 9.17) is 9.15 Å². The average molecular weight is 434 g/mol. The molecule has 3 rings (SSSR count). The van der Waals surface area contributed by atoms with Crippen LogP contribution in [0.15, 0.2) is 51.7 Å². The zero-order valence-corrected chi connectivity index (χ0v) is 17.8. The number of ether oxygens (including phenoxy) is 1. The van der Waals surface area contributed by atoms with E-state index in [0.717, 1.165) is 20.8 Å². The van der Waals surface area contributed by atoms with Crippen LogP contribution in [-0.2, 0) is 16.6 Å². The zero-order chi connectivity index (χ0) is 21.9. The maximum atomic E-state index is 12.6. The van der Waals surface area contributed by atoms with Crippen molar-refractivity contribution in [3.8, 4) is 5.75 Å². The van der Waals surface area contributed by atoms with Gasteiger partial charge in [0, 0.05) is 37.5 Å². The Balaban J connectivity index is 1.92. The minimum absolute atomic E-state index is 0.0687. The maximum Gasteiger partial charge on any atom is 0.340 e. The molecule has 30 heavy (non-hydrogen) atoms. The van der Waals surface area contributed by atoms with Crippen LogP contribution in [0.4, 0.5) is 10.1 Å². The highest BCUT2D eigenvalue weighted by atomic mass is 32.2. The van der Waals surface area contributed by atoms with Gasteiger partial charge in [-0.3, -0.25) is 4.72 Å². The number of rotatable bonds is 8. The molecule has 0 amide bonds. The number of fused-ring (bicyclic) bond motifs is 1. The standard InChI is InChI=1S/C21H23FN2O5S/c1-14-18-8-7-17(28-10-9-22)13-20(18)29-21(25)19(14)12-15-5-4-6-16(11-15)23-30(26,27)24(2)3/h4-8,11,13,23H,9-10,12H2,1-3H3. The summed E-state index contributed by atoms with van der Waals surface area (Å²) in [6, 6.07) is 11.9. The van der Waals surface area contributed by atoms with Crippen LogP contribution in [0.25, 0.3) is 11.0 Å². The molecule has 1 aromatic heterocycles. The van der Waals surface area contributed by atoms with E-state index in [9.17, 15) is 17.6 Å². The predicted octanol–water partition coefficient (Wildman–Crippen LogP) is 3.26. The Labute approximate surface area is 174 Å². The van der Waals surface area contributed by atoms with E-state index in [1.54, 1.807) is 36.4 Å². The molecule has 0 saturated heterocycles. The molecule has 0 aliphatic heterocycles. The first-order valence-electron chi connectivity index (χ1n) is 9.25. The average Bonchev–Trinajstić information content (AvgIpc) is 2.69. The summed E-state index contributed by atoms with van der Waals surface area (Å²) in [7, 11) is -0.760. The molecular weight excluding hydrogens is 411 g/mol. The Bertz CT molecular complexity index is 1220. The molecule has 3 aromatic rings. The monoisotopic (exact) mass is 434 g/mol. The number of hydrogen-bond donors (Lipinski definition) is 1. The van der Waals surface area contributed by atoms with Crippen molar-refractivity contribution in [3.05, 3.63) is 69.6 Å². The highest BCUT2D eigenvalue weighted by Crippen LogP contribution is 2.26. The van der Waals surface area contributed by atoms with Crippen molar-refractivity contribution in [2.45, 2.75) is 13.3 Å². The molecule has 0 spiro atoms. The summed E-state index contributed by atoms with van der Waals surface area (Å²) in [4.78, 5) is 12.6. The molecule has 1 N–H and O–H groups in total. The van der Waals surface area contributed by atoms with Crippen LogP contribution in [0.5, 0.6) is 5.75 Å². The Morgan fingerprint density at radius 2 is 1.93 bits per heavy atom. The molecule has 0 fully saturated rings. The molecule has 1 heterocycles. The first-order chi connectivity index (χ1) is 14.2. The highest BCUT2D eigenvalue weighted by molar-refractivity contribution is 7.90. The largest absolute Gasteiger partial charge is 0.491 e. The predicted molar refractivity (Wildman–Crippen MR) is 114 cm³/mol. The Morgan fingerprint density at radius 1 is 1.17 bits per heavy atom. The minimum atomic E-state index is -3.63. The molecule has 0 bridgehead atoms. The lowest BCUT2D eigenvalue weighted by molar-refractivity contribution is 0.273. The molecule has 0 radical (unpaired) electrons. The van der Waals surface area contributed by atoms with Crippen molar-refractivity contribution >= 4 is 26.9 Å². The molecule has 0 unspecified atom stereocenters.